The van der Waals surface area contributed by atoms with Gasteiger partial charge in [0.15, 0.2) is 5.75 Å². The molecule has 0 atom stereocenters. The van der Waals surface area contributed by atoms with Crippen molar-refractivity contribution in [3.63, 3.8) is 0 Å². The first-order valence-electron chi connectivity index (χ1n) is 5.58. The van der Waals surface area contributed by atoms with Gasteiger partial charge < -0.3 is 4.74 Å². The molecule has 0 bridgehead atoms. The van der Waals surface area contributed by atoms with Crippen LogP contribution in [0.3, 0.4) is 0 Å². The molecule has 0 amide bonds. The second-order valence-electron chi connectivity index (χ2n) is 3.80. The van der Waals surface area contributed by atoms with E-state index in [1.54, 1.807) is 6.92 Å². The Bertz CT molecular complexity index is 625. The van der Waals surface area contributed by atoms with Crippen LogP contribution in [0.1, 0.15) is 23.0 Å². The van der Waals surface area contributed by atoms with E-state index in [0.29, 0.717) is 17.3 Å². The van der Waals surface area contributed by atoms with Gasteiger partial charge in [0, 0.05) is 18.8 Å². The Morgan fingerprint density at radius 3 is 2.74 bits per heavy atom. The zero-order valence-corrected chi connectivity index (χ0v) is 11.9. The summed E-state index contributed by atoms with van der Waals surface area (Å²) in [6, 6.07) is 1.50. The number of aromatic nitrogens is 3. The highest BCUT2D eigenvalue weighted by atomic mass is 35.5. The predicted octanol–water partition coefficient (Wildman–Crippen LogP) is 3.13. The maximum absolute atomic E-state index is 12.1. The quantitative estimate of drug-likeness (QED) is 0.817. The molecule has 0 radical (unpaired) electrons. The molecule has 0 aromatic carbocycles. The Kier molecular flexibility index (Phi) is 4.07. The van der Waals surface area contributed by atoms with Gasteiger partial charge in [0.1, 0.15) is 10.7 Å². The molecular weight excluding hydrogens is 289 g/mol. The number of carbonyl (C=O) groups excluding carboxylic acids is 1. The maximum atomic E-state index is 12.1. The third-order valence-electron chi connectivity index (χ3n) is 2.46. The predicted molar refractivity (Wildman–Crippen MR) is 71.9 cm³/mol. The van der Waals surface area contributed by atoms with Crippen LogP contribution in [-0.2, 0) is 6.54 Å². The van der Waals surface area contributed by atoms with E-state index < -0.39 is 5.97 Å². The molecule has 2 aromatic heterocycles. The molecular formula is C12H11Cl2N3O2. The molecule has 0 aliphatic heterocycles. The van der Waals surface area contributed by atoms with Crippen LogP contribution >= 0.6 is 23.2 Å². The van der Waals surface area contributed by atoms with Crippen molar-refractivity contribution < 1.29 is 9.53 Å². The summed E-state index contributed by atoms with van der Waals surface area (Å²) in [5.41, 5.74) is 0.773. The van der Waals surface area contributed by atoms with Crippen molar-refractivity contribution in [3.05, 3.63) is 39.9 Å². The molecule has 0 fully saturated rings. The van der Waals surface area contributed by atoms with Gasteiger partial charge >= 0.3 is 5.97 Å². The van der Waals surface area contributed by atoms with E-state index in [1.165, 1.54) is 23.1 Å². The molecule has 0 unspecified atom stereocenters. The molecule has 2 aromatic rings. The molecule has 0 saturated carbocycles. The standard InChI is InChI=1S/C12H11Cl2N3O2/c1-3-17-11(14)10(7(2)16-17)12(18)19-9-4-8(13)5-15-6-9/h4-6H,3H2,1-2H3. The molecule has 2 rings (SSSR count). The van der Waals surface area contributed by atoms with E-state index in [4.69, 9.17) is 27.9 Å². The Labute approximate surface area is 120 Å². The molecule has 0 spiro atoms. The summed E-state index contributed by atoms with van der Waals surface area (Å²) >= 11 is 11.8. The first-order valence-corrected chi connectivity index (χ1v) is 6.34. The van der Waals surface area contributed by atoms with Crippen LogP contribution in [0.4, 0.5) is 0 Å². The van der Waals surface area contributed by atoms with Gasteiger partial charge in [0.25, 0.3) is 0 Å². The van der Waals surface area contributed by atoms with Crippen LogP contribution in [0.5, 0.6) is 5.75 Å². The molecule has 0 aliphatic carbocycles. The molecule has 0 aliphatic rings. The van der Waals surface area contributed by atoms with Gasteiger partial charge in [-0.2, -0.15) is 5.10 Å². The van der Waals surface area contributed by atoms with Crippen molar-refractivity contribution in [1.82, 2.24) is 14.8 Å². The van der Waals surface area contributed by atoms with Gasteiger partial charge in [0.05, 0.1) is 16.9 Å². The monoisotopic (exact) mass is 299 g/mol. The summed E-state index contributed by atoms with van der Waals surface area (Å²) < 4.78 is 6.71. The number of esters is 1. The summed E-state index contributed by atoms with van der Waals surface area (Å²) in [5, 5.41) is 4.80. The van der Waals surface area contributed by atoms with Crippen molar-refractivity contribution in [2.45, 2.75) is 20.4 Å². The minimum absolute atomic E-state index is 0.253. The van der Waals surface area contributed by atoms with Crippen molar-refractivity contribution in [1.29, 1.82) is 0 Å². The van der Waals surface area contributed by atoms with E-state index in [2.05, 4.69) is 10.1 Å². The Hall–Kier alpha value is -1.59. The highest BCUT2D eigenvalue weighted by Crippen LogP contribution is 2.23. The zero-order chi connectivity index (χ0) is 14.0. The molecule has 0 saturated heterocycles. The number of rotatable bonds is 3. The summed E-state index contributed by atoms with van der Waals surface area (Å²) in [6.07, 6.45) is 2.85. The fraction of sp³-hybridized carbons (Fsp3) is 0.250. The minimum atomic E-state index is -0.578. The molecule has 2 heterocycles. The second kappa shape index (κ2) is 5.59. The molecule has 7 heteroatoms. The maximum Gasteiger partial charge on any atom is 0.348 e. The lowest BCUT2D eigenvalue weighted by molar-refractivity contribution is 0.0733. The largest absolute Gasteiger partial charge is 0.421 e. The van der Waals surface area contributed by atoms with Crippen LogP contribution < -0.4 is 4.74 Å². The van der Waals surface area contributed by atoms with Crippen LogP contribution in [0.25, 0.3) is 0 Å². The van der Waals surface area contributed by atoms with Crippen LogP contribution in [0.15, 0.2) is 18.5 Å². The lowest BCUT2D eigenvalue weighted by atomic mass is 10.3. The first kappa shape index (κ1) is 13.8. The van der Waals surface area contributed by atoms with E-state index in [0.717, 1.165) is 0 Å². The average Bonchev–Trinajstić information content (AvgIpc) is 2.64. The molecule has 5 nitrogen and oxygen atoms in total. The highest BCUT2D eigenvalue weighted by molar-refractivity contribution is 6.33. The zero-order valence-electron chi connectivity index (χ0n) is 10.4. The lowest BCUT2D eigenvalue weighted by Crippen LogP contribution is -2.10. The topological polar surface area (TPSA) is 57.0 Å². The van der Waals surface area contributed by atoms with Gasteiger partial charge in [-0.3, -0.25) is 9.67 Å². The van der Waals surface area contributed by atoms with Gasteiger partial charge in [-0.05, 0) is 13.8 Å². The number of carbonyl (C=O) groups is 1. The van der Waals surface area contributed by atoms with E-state index >= 15 is 0 Å². The summed E-state index contributed by atoms with van der Waals surface area (Å²) in [6.45, 7) is 4.16. The van der Waals surface area contributed by atoms with E-state index in [1.807, 2.05) is 6.92 Å². The summed E-state index contributed by atoms with van der Waals surface area (Å²) in [5.74, 6) is -0.316. The number of halogens is 2. The van der Waals surface area contributed by atoms with Crippen molar-refractivity contribution in [2.75, 3.05) is 0 Å². The van der Waals surface area contributed by atoms with Crippen LogP contribution in [0.2, 0.25) is 10.2 Å². The van der Waals surface area contributed by atoms with Gasteiger partial charge in [0.2, 0.25) is 0 Å². The van der Waals surface area contributed by atoms with E-state index in [-0.39, 0.29) is 16.5 Å². The SMILES string of the molecule is CCn1nc(C)c(C(=O)Oc2cncc(Cl)c2)c1Cl. The fourth-order valence-electron chi connectivity index (χ4n) is 1.60. The summed E-state index contributed by atoms with van der Waals surface area (Å²) in [4.78, 5) is 15.9. The third kappa shape index (κ3) is 2.88. The normalized spacial score (nSPS) is 10.5. The number of pyridine rings is 1. The lowest BCUT2D eigenvalue weighted by Gasteiger charge is -2.04. The summed E-state index contributed by atoms with van der Waals surface area (Å²) in [7, 11) is 0. The second-order valence-corrected chi connectivity index (χ2v) is 4.59. The van der Waals surface area contributed by atoms with E-state index in [9.17, 15) is 4.79 Å². The van der Waals surface area contributed by atoms with Gasteiger partial charge in [-0.1, -0.05) is 23.2 Å². The number of hydrogen-bond acceptors (Lipinski definition) is 4. The molecule has 19 heavy (non-hydrogen) atoms. The number of aryl methyl sites for hydroxylation is 2. The number of nitrogens with zero attached hydrogens (tertiary/aromatic N) is 3. The minimum Gasteiger partial charge on any atom is -0.421 e. The van der Waals surface area contributed by atoms with Crippen molar-refractivity contribution >= 4 is 29.2 Å². The highest BCUT2D eigenvalue weighted by Gasteiger charge is 2.21. The number of hydrogen-bond donors (Lipinski definition) is 0. The van der Waals surface area contributed by atoms with Gasteiger partial charge in [-0.25, -0.2) is 4.79 Å². The Morgan fingerprint density at radius 2 is 2.16 bits per heavy atom. The Balaban J connectivity index is 2.28. The molecule has 100 valence electrons. The van der Waals surface area contributed by atoms with Crippen LogP contribution in [0, 0.1) is 6.92 Å². The Morgan fingerprint density at radius 1 is 1.42 bits per heavy atom. The van der Waals surface area contributed by atoms with Crippen molar-refractivity contribution in [2.24, 2.45) is 0 Å². The molecule has 0 N–H and O–H groups in total. The van der Waals surface area contributed by atoms with Crippen molar-refractivity contribution in [3.8, 4) is 5.75 Å². The smallest absolute Gasteiger partial charge is 0.348 e. The average molecular weight is 300 g/mol. The first-order chi connectivity index (χ1) is 9.02. The third-order valence-corrected chi connectivity index (χ3v) is 3.05. The number of ether oxygens (including phenoxy) is 1. The van der Waals surface area contributed by atoms with Gasteiger partial charge in [-0.15, -0.1) is 0 Å². The van der Waals surface area contributed by atoms with Crippen LogP contribution in [-0.4, -0.2) is 20.7 Å². The fourth-order valence-corrected chi connectivity index (χ4v) is 2.14.